The van der Waals surface area contributed by atoms with E-state index in [0.29, 0.717) is 18.7 Å². The Kier molecular flexibility index (Phi) is 5.42. The molecule has 5 heteroatoms. The summed E-state index contributed by atoms with van der Waals surface area (Å²) in [6.45, 7) is 4.79. The van der Waals surface area contributed by atoms with E-state index in [-0.39, 0.29) is 5.91 Å². The molecule has 0 bridgehead atoms. The molecule has 1 aromatic heterocycles. The molecule has 1 saturated heterocycles. The van der Waals surface area contributed by atoms with Crippen molar-refractivity contribution in [2.45, 2.75) is 19.8 Å². The maximum atomic E-state index is 12.9. The van der Waals surface area contributed by atoms with Crippen LogP contribution in [0.25, 0.3) is 10.9 Å². The lowest BCUT2D eigenvalue weighted by atomic mass is 10.1. The van der Waals surface area contributed by atoms with Gasteiger partial charge in [0.1, 0.15) is 18.2 Å². The zero-order valence-electron chi connectivity index (χ0n) is 16.1. The summed E-state index contributed by atoms with van der Waals surface area (Å²) in [6, 6.07) is 17.8. The standard InChI is InChI=1S/C23H25N3O2/c1-17-7-6-9-19(15-17)28-14-11-24-23(27)20-16-18-8-2-3-10-21(18)25-22(20)26-12-4-5-13-26/h2-3,6-10,15-16H,4-5,11-14H2,1H3,(H,24,27). The molecule has 1 fully saturated rings. The number of hydrogen-bond donors (Lipinski definition) is 1. The van der Waals surface area contributed by atoms with Gasteiger partial charge in [-0.25, -0.2) is 4.98 Å². The molecule has 28 heavy (non-hydrogen) atoms. The Morgan fingerprint density at radius 3 is 2.75 bits per heavy atom. The summed E-state index contributed by atoms with van der Waals surface area (Å²) in [5.41, 5.74) is 2.71. The monoisotopic (exact) mass is 375 g/mol. The van der Waals surface area contributed by atoms with Gasteiger partial charge in [-0.2, -0.15) is 0 Å². The molecule has 2 aromatic carbocycles. The first-order valence-electron chi connectivity index (χ1n) is 9.83. The highest BCUT2D eigenvalue weighted by molar-refractivity contribution is 6.02. The first-order valence-corrected chi connectivity index (χ1v) is 9.83. The molecule has 4 rings (SSSR count). The van der Waals surface area contributed by atoms with E-state index in [2.05, 4.69) is 10.2 Å². The highest BCUT2D eigenvalue weighted by Crippen LogP contribution is 2.26. The highest BCUT2D eigenvalue weighted by Gasteiger charge is 2.21. The Balaban J connectivity index is 1.47. The number of para-hydroxylation sites is 1. The molecule has 0 aliphatic carbocycles. The van der Waals surface area contributed by atoms with Crippen LogP contribution < -0.4 is 15.0 Å². The van der Waals surface area contributed by atoms with Crippen molar-refractivity contribution in [3.05, 3.63) is 65.7 Å². The summed E-state index contributed by atoms with van der Waals surface area (Å²) in [7, 11) is 0. The van der Waals surface area contributed by atoms with Crippen molar-refractivity contribution in [3.63, 3.8) is 0 Å². The summed E-state index contributed by atoms with van der Waals surface area (Å²) in [4.78, 5) is 19.9. The predicted molar refractivity (Wildman–Crippen MR) is 112 cm³/mol. The van der Waals surface area contributed by atoms with Crippen LogP contribution in [0.15, 0.2) is 54.6 Å². The molecule has 0 unspecified atom stereocenters. The van der Waals surface area contributed by atoms with E-state index in [1.165, 1.54) is 0 Å². The van der Waals surface area contributed by atoms with Crippen molar-refractivity contribution < 1.29 is 9.53 Å². The minimum Gasteiger partial charge on any atom is -0.492 e. The van der Waals surface area contributed by atoms with Crippen molar-refractivity contribution in [2.24, 2.45) is 0 Å². The molecule has 1 aliphatic heterocycles. The number of fused-ring (bicyclic) bond motifs is 1. The lowest BCUT2D eigenvalue weighted by molar-refractivity contribution is 0.0947. The number of nitrogens with one attached hydrogen (secondary N) is 1. The predicted octanol–water partition coefficient (Wildman–Crippen LogP) is 3.95. The lowest BCUT2D eigenvalue weighted by Gasteiger charge is -2.20. The van der Waals surface area contributed by atoms with Gasteiger partial charge in [-0.05, 0) is 49.6 Å². The minimum atomic E-state index is -0.104. The number of nitrogens with zero attached hydrogens (tertiary/aromatic N) is 2. The van der Waals surface area contributed by atoms with Gasteiger partial charge < -0.3 is 15.0 Å². The van der Waals surface area contributed by atoms with E-state index in [1.54, 1.807) is 0 Å². The molecular weight excluding hydrogens is 350 g/mol. The fourth-order valence-corrected chi connectivity index (χ4v) is 3.58. The van der Waals surface area contributed by atoms with Gasteiger partial charge in [0.15, 0.2) is 0 Å². The van der Waals surface area contributed by atoms with Gasteiger partial charge in [-0.1, -0.05) is 30.3 Å². The van der Waals surface area contributed by atoms with Crippen molar-refractivity contribution >= 4 is 22.6 Å². The van der Waals surface area contributed by atoms with Crippen molar-refractivity contribution in [1.82, 2.24) is 10.3 Å². The molecule has 1 amide bonds. The van der Waals surface area contributed by atoms with Crippen LogP contribution in [0.3, 0.4) is 0 Å². The van der Waals surface area contributed by atoms with E-state index in [1.807, 2.05) is 61.5 Å². The summed E-state index contributed by atoms with van der Waals surface area (Å²) in [5, 5.41) is 3.96. The van der Waals surface area contributed by atoms with Gasteiger partial charge in [0, 0.05) is 18.5 Å². The van der Waals surface area contributed by atoms with Crippen LogP contribution in [0, 0.1) is 6.92 Å². The van der Waals surface area contributed by atoms with Crippen molar-refractivity contribution in [2.75, 3.05) is 31.1 Å². The first-order chi connectivity index (χ1) is 13.7. The van der Waals surface area contributed by atoms with E-state index in [4.69, 9.17) is 9.72 Å². The fourth-order valence-electron chi connectivity index (χ4n) is 3.58. The molecule has 1 N–H and O–H groups in total. The number of rotatable bonds is 6. The van der Waals surface area contributed by atoms with Crippen LogP contribution in [0.5, 0.6) is 5.75 Å². The Labute approximate surface area is 165 Å². The maximum Gasteiger partial charge on any atom is 0.255 e. The number of pyridine rings is 1. The fraction of sp³-hybridized carbons (Fsp3) is 0.304. The Morgan fingerprint density at radius 1 is 1.11 bits per heavy atom. The number of benzene rings is 2. The number of ether oxygens (including phenoxy) is 1. The average Bonchev–Trinajstić information content (AvgIpc) is 3.25. The lowest BCUT2D eigenvalue weighted by Crippen LogP contribution is -2.31. The van der Waals surface area contributed by atoms with Crippen LogP contribution in [0.2, 0.25) is 0 Å². The van der Waals surface area contributed by atoms with Crippen LogP contribution in [-0.4, -0.2) is 37.1 Å². The molecule has 144 valence electrons. The number of hydrogen-bond acceptors (Lipinski definition) is 4. The SMILES string of the molecule is Cc1cccc(OCCNC(=O)c2cc3ccccc3nc2N2CCCC2)c1. The third-order valence-electron chi connectivity index (χ3n) is 5.00. The van der Waals surface area contributed by atoms with Gasteiger partial charge in [-0.15, -0.1) is 0 Å². The number of amides is 1. The highest BCUT2D eigenvalue weighted by atomic mass is 16.5. The van der Waals surface area contributed by atoms with Crippen LogP contribution in [0.4, 0.5) is 5.82 Å². The van der Waals surface area contributed by atoms with E-state index in [0.717, 1.165) is 54.0 Å². The molecule has 0 atom stereocenters. The molecular formula is C23H25N3O2. The quantitative estimate of drug-likeness (QED) is 0.663. The number of carbonyl (C=O) groups is 1. The van der Waals surface area contributed by atoms with Crippen LogP contribution in [0.1, 0.15) is 28.8 Å². The van der Waals surface area contributed by atoms with Crippen molar-refractivity contribution in [1.29, 1.82) is 0 Å². The molecule has 5 nitrogen and oxygen atoms in total. The summed E-state index contributed by atoms with van der Waals surface area (Å²) >= 11 is 0. The second kappa shape index (κ2) is 8.30. The van der Waals surface area contributed by atoms with Crippen LogP contribution in [-0.2, 0) is 0 Å². The zero-order valence-corrected chi connectivity index (χ0v) is 16.1. The smallest absolute Gasteiger partial charge is 0.255 e. The van der Waals surface area contributed by atoms with E-state index >= 15 is 0 Å². The second-order valence-electron chi connectivity index (χ2n) is 7.17. The Bertz CT molecular complexity index is 980. The van der Waals surface area contributed by atoms with Gasteiger partial charge >= 0.3 is 0 Å². The molecule has 0 radical (unpaired) electrons. The van der Waals surface area contributed by atoms with E-state index < -0.39 is 0 Å². The summed E-state index contributed by atoms with van der Waals surface area (Å²) < 4.78 is 5.73. The normalized spacial score (nSPS) is 13.7. The average molecular weight is 375 g/mol. The van der Waals surface area contributed by atoms with Crippen LogP contribution >= 0.6 is 0 Å². The maximum absolute atomic E-state index is 12.9. The summed E-state index contributed by atoms with van der Waals surface area (Å²) in [6.07, 6.45) is 2.28. The zero-order chi connectivity index (χ0) is 19.3. The number of aromatic nitrogens is 1. The first kappa shape index (κ1) is 18.3. The van der Waals surface area contributed by atoms with Gasteiger partial charge in [0.2, 0.25) is 0 Å². The molecule has 2 heterocycles. The topological polar surface area (TPSA) is 54.5 Å². The molecule has 1 aliphatic rings. The van der Waals surface area contributed by atoms with Gasteiger partial charge in [0.25, 0.3) is 5.91 Å². The van der Waals surface area contributed by atoms with Gasteiger partial charge in [-0.3, -0.25) is 4.79 Å². The Morgan fingerprint density at radius 2 is 1.93 bits per heavy atom. The summed E-state index contributed by atoms with van der Waals surface area (Å²) in [5.74, 6) is 1.50. The largest absolute Gasteiger partial charge is 0.492 e. The van der Waals surface area contributed by atoms with Crippen molar-refractivity contribution in [3.8, 4) is 5.75 Å². The van der Waals surface area contributed by atoms with Gasteiger partial charge in [0.05, 0.1) is 17.6 Å². The third kappa shape index (κ3) is 4.09. The second-order valence-corrected chi connectivity index (χ2v) is 7.17. The molecule has 3 aromatic rings. The van der Waals surface area contributed by atoms with E-state index in [9.17, 15) is 4.79 Å². The number of carbonyl (C=O) groups excluding carboxylic acids is 1. The molecule has 0 spiro atoms. The third-order valence-corrected chi connectivity index (χ3v) is 5.00. The number of aryl methyl sites for hydroxylation is 1. The molecule has 0 saturated carbocycles. The Hall–Kier alpha value is -3.08. The minimum absolute atomic E-state index is 0.104. The number of anilines is 1.